The highest BCUT2D eigenvalue weighted by Gasteiger charge is 2.11. The number of nitrogens with one attached hydrogen (secondary N) is 2. The van der Waals surface area contributed by atoms with E-state index >= 15 is 0 Å². The zero-order valence-electron chi connectivity index (χ0n) is 11.0. The van der Waals surface area contributed by atoms with E-state index in [-0.39, 0.29) is 12.4 Å². The second-order valence-electron chi connectivity index (χ2n) is 4.11. The zero-order valence-corrected chi connectivity index (χ0v) is 11.0. The highest BCUT2D eigenvalue weighted by Crippen LogP contribution is 1.97. The maximum Gasteiger partial charge on any atom is 0.321 e. The van der Waals surface area contributed by atoms with E-state index in [0.29, 0.717) is 6.54 Å². The first-order valence-electron chi connectivity index (χ1n) is 6.08. The van der Waals surface area contributed by atoms with Gasteiger partial charge in [-0.2, -0.15) is 5.26 Å². The summed E-state index contributed by atoms with van der Waals surface area (Å²) in [7, 11) is 0. The highest BCUT2D eigenvalue weighted by atomic mass is 16.2. The van der Waals surface area contributed by atoms with Crippen LogP contribution in [-0.2, 0) is 17.9 Å². The Kier molecular flexibility index (Phi) is 4.61. The number of urea groups is 1. The minimum atomic E-state index is -0.601. The van der Waals surface area contributed by atoms with E-state index in [1.165, 1.54) is 10.9 Å². The average molecular weight is 284 g/mol. The predicted octanol–water partition coefficient (Wildman–Crippen LogP) is 0.176. The third kappa shape index (κ3) is 4.14. The standard InChI is InChI=1S/C13H12N6O2/c14-6-11-18-16-9-19(11)8-12(20)17-13(21)15-7-10-4-2-1-3-5-10/h1-5,9H,7-8H2,(H2,15,17,20,21). The monoisotopic (exact) mass is 284 g/mol. The molecule has 2 N–H and O–H groups in total. The van der Waals surface area contributed by atoms with Crippen molar-refractivity contribution in [2.75, 3.05) is 0 Å². The summed E-state index contributed by atoms with van der Waals surface area (Å²) in [6.45, 7) is 0.116. The Morgan fingerprint density at radius 1 is 1.29 bits per heavy atom. The van der Waals surface area contributed by atoms with Crippen LogP contribution in [-0.4, -0.2) is 26.7 Å². The van der Waals surface area contributed by atoms with E-state index < -0.39 is 11.9 Å². The largest absolute Gasteiger partial charge is 0.334 e. The third-order valence-corrected chi connectivity index (χ3v) is 2.58. The molecule has 0 unspecified atom stereocenters. The maximum absolute atomic E-state index is 11.6. The molecule has 0 aliphatic rings. The number of aromatic nitrogens is 3. The van der Waals surface area contributed by atoms with Crippen molar-refractivity contribution < 1.29 is 9.59 Å². The predicted molar refractivity (Wildman–Crippen MR) is 71.6 cm³/mol. The first kappa shape index (κ1) is 14.2. The molecule has 1 aromatic carbocycles. The first-order valence-corrected chi connectivity index (χ1v) is 6.08. The number of amides is 3. The number of benzene rings is 1. The number of hydrogen-bond donors (Lipinski definition) is 2. The summed E-state index contributed by atoms with van der Waals surface area (Å²) < 4.78 is 1.25. The van der Waals surface area contributed by atoms with Crippen molar-refractivity contribution in [3.63, 3.8) is 0 Å². The van der Waals surface area contributed by atoms with E-state index in [1.54, 1.807) is 6.07 Å². The Labute approximate surface area is 120 Å². The minimum Gasteiger partial charge on any atom is -0.334 e. The van der Waals surface area contributed by atoms with E-state index in [0.717, 1.165) is 5.56 Å². The lowest BCUT2D eigenvalue weighted by Gasteiger charge is -2.07. The molecule has 0 aliphatic carbocycles. The van der Waals surface area contributed by atoms with Crippen LogP contribution in [0.5, 0.6) is 0 Å². The summed E-state index contributed by atoms with van der Waals surface area (Å²) in [6.07, 6.45) is 1.25. The Balaban J connectivity index is 1.80. The van der Waals surface area contributed by atoms with Crippen molar-refractivity contribution in [1.29, 1.82) is 5.26 Å². The summed E-state index contributed by atoms with van der Waals surface area (Å²) in [5, 5.41) is 20.5. The highest BCUT2D eigenvalue weighted by molar-refractivity contribution is 5.94. The van der Waals surface area contributed by atoms with E-state index in [9.17, 15) is 9.59 Å². The molecular weight excluding hydrogens is 272 g/mol. The molecular formula is C13H12N6O2. The first-order chi connectivity index (χ1) is 10.2. The molecule has 21 heavy (non-hydrogen) atoms. The molecule has 8 heteroatoms. The van der Waals surface area contributed by atoms with Gasteiger partial charge in [0.05, 0.1) is 0 Å². The van der Waals surface area contributed by atoms with Gasteiger partial charge in [-0.05, 0) is 5.56 Å². The van der Waals surface area contributed by atoms with Crippen molar-refractivity contribution in [2.24, 2.45) is 0 Å². The summed E-state index contributed by atoms with van der Waals surface area (Å²) in [5.41, 5.74) is 0.922. The van der Waals surface area contributed by atoms with Gasteiger partial charge in [-0.15, -0.1) is 10.2 Å². The van der Waals surface area contributed by atoms with Gasteiger partial charge in [0.1, 0.15) is 18.9 Å². The number of nitrogens with zero attached hydrogens (tertiary/aromatic N) is 4. The lowest BCUT2D eigenvalue weighted by atomic mass is 10.2. The minimum absolute atomic E-state index is 0.00911. The molecule has 0 saturated heterocycles. The van der Waals surface area contributed by atoms with Gasteiger partial charge in [-0.25, -0.2) is 4.79 Å². The van der Waals surface area contributed by atoms with Crippen LogP contribution in [0.1, 0.15) is 11.4 Å². The van der Waals surface area contributed by atoms with Gasteiger partial charge < -0.3 is 5.32 Å². The molecule has 2 aromatic rings. The summed E-state index contributed by atoms with van der Waals surface area (Å²) in [5.74, 6) is -0.549. The summed E-state index contributed by atoms with van der Waals surface area (Å²) >= 11 is 0. The Hall–Kier alpha value is -3.21. The Morgan fingerprint density at radius 2 is 2.05 bits per heavy atom. The number of carbonyl (C=O) groups excluding carboxylic acids is 2. The van der Waals surface area contributed by atoms with Crippen LogP contribution in [0.25, 0.3) is 0 Å². The molecule has 0 spiro atoms. The topological polar surface area (TPSA) is 113 Å². The van der Waals surface area contributed by atoms with Gasteiger partial charge >= 0.3 is 6.03 Å². The van der Waals surface area contributed by atoms with Gasteiger partial charge in [0.25, 0.3) is 0 Å². The molecule has 0 aliphatic heterocycles. The fourth-order valence-corrected chi connectivity index (χ4v) is 1.60. The molecule has 0 bridgehead atoms. The normalized spacial score (nSPS) is 9.67. The SMILES string of the molecule is N#Cc1nncn1CC(=O)NC(=O)NCc1ccccc1. The fourth-order valence-electron chi connectivity index (χ4n) is 1.60. The molecule has 1 aromatic heterocycles. The van der Waals surface area contributed by atoms with Crippen LogP contribution in [0.4, 0.5) is 4.79 Å². The third-order valence-electron chi connectivity index (χ3n) is 2.58. The molecule has 106 valence electrons. The van der Waals surface area contributed by atoms with Gasteiger partial charge in [0.2, 0.25) is 11.7 Å². The van der Waals surface area contributed by atoms with Gasteiger partial charge in [-0.3, -0.25) is 14.7 Å². The van der Waals surface area contributed by atoms with E-state index in [4.69, 9.17) is 5.26 Å². The van der Waals surface area contributed by atoms with Gasteiger partial charge in [0, 0.05) is 6.54 Å². The zero-order chi connectivity index (χ0) is 15.1. The number of rotatable bonds is 4. The molecule has 0 atom stereocenters. The van der Waals surface area contributed by atoms with Crippen LogP contribution in [0.2, 0.25) is 0 Å². The van der Waals surface area contributed by atoms with Crippen molar-refractivity contribution in [1.82, 2.24) is 25.4 Å². The number of hydrogen-bond acceptors (Lipinski definition) is 5. The summed E-state index contributed by atoms with van der Waals surface area (Å²) in [4.78, 5) is 23.2. The summed E-state index contributed by atoms with van der Waals surface area (Å²) in [6, 6.07) is 10.5. The lowest BCUT2D eigenvalue weighted by molar-refractivity contribution is -0.120. The lowest BCUT2D eigenvalue weighted by Crippen LogP contribution is -2.40. The molecule has 2 rings (SSSR count). The Morgan fingerprint density at radius 3 is 2.76 bits per heavy atom. The maximum atomic E-state index is 11.6. The molecule has 1 heterocycles. The van der Waals surface area contributed by atoms with Gasteiger partial charge in [-0.1, -0.05) is 30.3 Å². The van der Waals surface area contributed by atoms with Crippen LogP contribution >= 0.6 is 0 Å². The molecule has 0 fully saturated rings. The number of carbonyl (C=O) groups is 2. The molecule has 8 nitrogen and oxygen atoms in total. The van der Waals surface area contributed by atoms with Crippen LogP contribution < -0.4 is 10.6 Å². The quantitative estimate of drug-likeness (QED) is 0.831. The van der Waals surface area contributed by atoms with E-state index in [1.807, 2.05) is 30.3 Å². The van der Waals surface area contributed by atoms with Crippen molar-refractivity contribution in [3.8, 4) is 6.07 Å². The van der Waals surface area contributed by atoms with Crippen molar-refractivity contribution in [3.05, 3.63) is 48.0 Å². The van der Waals surface area contributed by atoms with Crippen LogP contribution in [0, 0.1) is 11.3 Å². The number of nitriles is 1. The average Bonchev–Trinajstić information content (AvgIpc) is 2.93. The second-order valence-corrected chi connectivity index (χ2v) is 4.11. The van der Waals surface area contributed by atoms with Crippen LogP contribution in [0.3, 0.4) is 0 Å². The molecule has 0 saturated carbocycles. The van der Waals surface area contributed by atoms with Crippen LogP contribution in [0.15, 0.2) is 36.7 Å². The van der Waals surface area contributed by atoms with Crippen molar-refractivity contribution in [2.45, 2.75) is 13.1 Å². The Bertz CT molecular complexity index is 673. The molecule has 0 radical (unpaired) electrons. The van der Waals surface area contributed by atoms with Crippen molar-refractivity contribution >= 4 is 11.9 Å². The molecule has 3 amide bonds. The smallest absolute Gasteiger partial charge is 0.321 e. The fraction of sp³-hybridized carbons (Fsp3) is 0.154. The second kappa shape index (κ2) is 6.81. The number of imide groups is 1. The van der Waals surface area contributed by atoms with E-state index in [2.05, 4.69) is 20.8 Å². The van der Waals surface area contributed by atoms with Gasteiger partial charge in [0.15, 0.2) is 0 Å².